The predicted molar refractivity (Wildman–Crippen MR) is 126 cm³/mol. The van der Waals surface area contributed by atoms with Gasteiger partial charge in [-0.15, -0.1) is 0 Å². The highest BCUT2D eigenvalue weighted by molar-refractivity contribution is 7.50. The highest BCUT2D eigenvalue weighted by Crippen LogP contribution is 2.39. The maximum absolute atomic E-state index is 12.5. The van der Waals surface area contributed by atoms with Crippen molar-refractivity contribution in [1.29, 1.82) is 0 Å². The van der Waals surface area contributed by atoms with Gasteiger partial charge >= 0.3 is 0 Å². The first-order valence-electron chi connectivity index (χ1n) is 11.4. The van der Waals surface area contributed by atoms with Crippen LogP contribution < -0.4 is 5.32 Å². The van der Waals surface area contributed by atoms with Crippen molar-refractivity contribution in [3.05, 3.63) is 41.7 Å². The second-order valence-corrected chi connectivity index (χ2v) is 8.76. The molecule has 30 heavy (non-hydrogen) atoms. The number of aromatic hydroxyl groups is 1. The van der Waals surface area contributed by atoms with E-state index in [2.05, 4.69) is 12.2 Å². The molecule has 0 aliphatic heterocycles. The van der Waals surface area contributed by atoms with E-state index >= 15 is 0 Å². The smallest absolute Gasteiger partial charge is 0.220 e. The number of carbonyl (C=O) groups is 1. The number of carbonyl (C=O) groups excluding carboxylic acids is 1. The maximum Gasteiger partial charge on any atom is 0.220 e. The largest absolute Gasteiger partial charge is 0.508 e. The minimum Gasteiger partial charge on any atom is -0.508 e. The van der Waals surface area contributed by atoms with E-state index in [1.165, 1.54) is 32.1 Å². The van der Waals surface area contributed by atoms with Gasteiger partial charge < -0.3 is 19.5 Å². The monoisotopic (exact) mass is 437 g/mol. The van der Waals surface area contributed by atoms with Crippen LogP contribution in [0.3, 0.4) is 0 Å². The molecule has 1 rings (SSSR count). The van der Waals surface area contributed by atoms with Gasteiger partial charge in [0.15, 0.2) is 8.38 Å². The highest BCUT2D eigenvalue weighted by atomic mass is 31.2. The van der Waals surface area contributed by atoms with Crippen molar-refractivity contribution < 1.29 is 18.9 Å². The van der Waals surface area contributed by atoms with Gasteiger partial charge in [0, 0.05) is 6.42 Å². The van der Waals surface area contributed by atoms with Crippen LogP contribution in [0.5, 0.6) is 5.75 Å². The Morgan fingerprint density at radius 1 is 1.00 bits per heavy atom. The van der Waals surface area contributed by atoms with Crippen molar-refractivity contribution in [3.63, 3.8) is 0 Å². The Morgan fingerprint density at radius 3 is 2.20 bits per heavy atom. The Kier molecular flexibility index (Phi) is 15.3. The molecule has 1 aromatic carbocycles. The molecule has 6 heteroatoms. The van der Waals surface area contributed by atoms with Crippen molar-refractivity contribution in [2.45, 2.75) is 84.6 Å². The van der Waals surface area contributed by atoms with E-state index < -0.39 is 8.38 Å². The number of rotatable bonds is 17. The minimum absolute atomic E-state index is 0.0779. The van der Waals surface area contributed by atoms with Crippen LogP contribution in [-0.2, 0) is 20.3 Å². The molecule has 0 spiro atoms. The number of hydrogen-bond acceptors (Lipinski definition) is 4. The number of unbranched alkanes of at least 4 members (excludes halogenated alkanes) is 6. The van der Waals surface area contributed by atoms with Crippen LogP contribution in [0.15, 0.2) is 36.2 Å². The maximum atomic E-state index is 12.5. The van der Waals surface area contributed by atoms with Crippen LogP contribution in [0, 0.1) is 0 Å². The summed E-state index contributed by atoms with van der Waals surface area (Å²) in [5.74, 6) is 2.25. The summed E-state index contributed by atoms with van der Waals surface area (Å²) in [6.45, 7) is 7.28. The molecule has 1 amide bonds. The quantitative estimate of drug-likeness (QED) is 0.217. The minimum atomic E-state index is -1.09. The Balaban J connectivity index is 2.58. The van der Waals surface area contributed by atoms with E-state index in [0.717, 1.165) is 18.4 Å². The molecule has 5 nitrogen and oxygen atoms in total. The zero-order chi connectivity index (χ0) is 22.0. The summed E-state index contributed by atoms with van der Waals surface area (Å²) in [6.07, 6.45) is 11.5. The van der Waals surface area contributed by atoms with E-state index in [4.69, 9.17) is 9.05 Å². The second kappa shape index (κ2) is 17.3. The summed E-state index contributed by atoms with van der Waals surface area (Å²) in [5.41, 5.74) is 1.05. The van der Waals surface area contributed by atoms with E-state index in [1.807, 2.05) is 37.9 Å². The third-order valence-corrected chi connectivity index (χ3v) is 6.14. The van der Waals surface area contributed by atoms with Crippen LogP contribution in [0.1, 0.15) is 77.7 Å². The molecule has 0 saturated carbocycles. The standard InChI is InChI=1S/C24H40NO4P/c1-4-7-8-9-10-11-12-13-24(27)25-22(18-19-30(28-5-2)29-6-3)20-21-14-16-23(26)17-15-21/h14-19,22,26H,4-13,20H2,1-3H3,(H,25,27)/b19-18+/t22-/m0/s1. The molecule has 0 bridgehead atoms. The second-order valence-electron chi connectivity index (χ2n) is 7.38. The number of hydrogen-bond donors (Lipinski definition) is 2. The number of nitrogens with one attached hydrogen (secondary N) is 1. The van der Waals surface area contributed by atoms with Gasteiger partial charge in [-0.05, 0) is 50.2 Å². The van der Waals surface area contributed by atoms with Crippen molar-refractivity contribution in [3.8, 4) is 5.75 Å². The van der Waals surface area contributed by atoms with E-state index in [0.29, 0.717) is 26.1 Å². The third-order valence-electron chi connectivity index (χ3n) is 4.70. The predicted octanol–water partition coefficient (Wildman–Crippen LogP) is 6.46. The summed E-state index contributed by atoms with van der Waals surface area (Å²) >= 11 is 0. The number of phenols is 1. The first kappa shape index (κ1) is 26.6. The van der Waals surface area contributed by atoms with Gasteiger partial charge in [-0.25, -0.2) is 0 Å². The number of amides is 1. The molecular formula is C24H40NO4P. The van der Waals surface area contributed by atoms with Crippen molar-refractivity contribution >= 4 is 14.3 Å². The van der Waals surface area contributed by atoms with Crippen LogP contribution in [0.2, 0.25) is 0 Å². The van der Waals surface area contributed by atoms with Crippen LogP contribution in [0.25, 0.3) is 0 Å². The van der Waals surface area contributed by atoms with Crippen molar-refractivity contribution in [1.82, 2.24) is 5.32 Å². The van der Waals surface area contributed by atoms with Gasteiger partial charge in [-0.3, -0.25) is 4.79 Å². The lowest BCUT2D eigenvalue weighted by atomic mass is 10.0. The molecule has 170 valence electrons. The fraction of sp³-hybridized carbons (Fsp3) is 0.625. The average Bonchev–Trinajstić information content (AvgIpc) is 2.73. The lowest BCUT2D eigenvalue weighted by molar-refractivity contribution is -0.121. The van der Waals surface area contributed by atoms with Gasteiger partial charge in [0.1, 0.15) is 5.75 Å². The summed E-state index contributed by atoms with van der Waals surface area (Å²) in [7, 11) is -1.09. The Labute approximate surface area is 184 Å². The summed E-state index contributed by atoms with van der Waals surface area (Å²) in [5, 5.41) is 12.6. The van der Waals surface area contributed by atoms with Gasteiger partial charge in [0.05, 0.1) is 19.3 Å². The Bertz CT molecular complexity index is 585. The Morgan fingerprint density at radius 2 is 1.60 bits per heavy atom. The van der Waals surface area contributed by atoms with Crippen LogP contribution >= 0.6 is 8.38 Å². The molecular weight excluding hydrogens is 397 g/mol. The first-order valence-corrected chi connectivity index (χ1v) is 12.6. The lowest BCUT2D eigenvalue weighted by Gasteiger charge is -2.17. The molecule has 0 unspecified atom stereocenters. The average molecular weight is 438 g/mol. The van der Waals surface area contributed by atoms with Crippen LogP contribution in [0.4, 0.5) is 0 Å². The molecule has 0 heterocycles. The summed E-state index contributed by atoms with van der Waals surface area (Å²) < 4.78 is 11.3. The molecule has 2 N–H and O–H groups in total. The van der Waals surface area contributed by atoms with Gasteiger partial charge in [0.2, 0.25) is 5.91 Å². The number of phenolic OH excluding ortho intramolecular Hbond substituents is 1. The molecule has 0 aliphatic rings. The van der Waals surface area contributed by atoms with E-state index in [-0.39, 0.29) is 17.7 Å². The lowest BCUT2D eigenvalue weighted by Crippen LogP contribution is -2.34. The summed E-state index contributed by atoms with van der Waals surface area (Å²) in [6, 6.07) is 6.96. The zero-order valence-corrected chi connectivity index (χ0v) is 19.8. The Hall–Kier alpha value is -1.42. The van der Waals surface area contributed by atoms with E-state index in [1.54, 1.807) is 12.1 Å². The molecule has 0 aromatic heterocycles. The third kappa shape index (κ3) is 13.0. The van der Waals surface area contributed by atoms with Gasteiger partial charge in [-0.2, -0.15) is 0 Å². The SMILES string of the molecule is CCCCCCCCCC(=O)N[C@@H](/C=C/P(OCC)OCC)Cc1ccc(O)cc1. The summed E-state index contributed by atoms with van der Waals surface area (Å²) in [4.78, 5) is 12.5. The van der Waals surface area contributed by atoms with Gasteiger partial charge in [0.25, 0.3) is 0 Å². The zero-order valence-electron chi connectivity index (χ0n) is 18.9. The molecule has 1 atom stereocenters. The van der Waals surface area contributed by atoms with Gasteiger partial charge in [-0.1, -0.05) is 63.7 Å². The van der Waals surface area contributed by atoms with Crippen molar-refractivity contribution in [2.75, 3.05) is 13.2 Å². The topological polar surface area (TPSA) is 67.8 Å². The fourth-order valence-corrected chi connectivity index (χ4v) is 4.23. The highest BCUT2D eigenvalue weighted by Gasteiger charge is 2.12. The van der Waals surface area contributed by atoms with Crippen LogP contribution in [-0.4, -0.2) is 30.3 Å². The number of benzene rings is 1. The molecule has 0 saturated heterocycles. The molecule has 0 fully saturated rings. The first-order chi connectivity index (χ1) is 14.6. The molecule has 0 aliphatic carbocycles. The normalized spacial score (nSPS) is 12.5. The fourth-order valence-electron chi connectivity index (χ4n) is 3.13. The molecule has 0 radical (unpaired) electrons. The van der Waals surface area contributed by atoms with E-state index in [9.17, 15) is 9.90 Å². The van der Waals surface area contributed by atoms with Crippen molar-refractivity contribution in [2.24, 2.45) is 0 Å². The molecule has 1 aromatic rings.